The van der Waals surface area contributed by atoms with Crippen molar-refractivity contribution in [1.29, 1.82) is 0 Å². The molecule has 0 aliphatic rings. The number of nitrogens with one attached hydrogen (secondary N) is 1. The summed E-state index contributed by atoms with van der Waals surface area (Å²) < 4.78 is 10.5. The number of aliphatic hydroxyl groups is 1. The van der Waals surface area contributed by atoms with Gasteiger partial charge < -0.3 is 19.9 Å². The molecule has 0 fully saturated rings. The standard InChI is InChI=1S/C16H19NO3/c1-19-15-7-13(8-16(9-15)20-2)10-17-14-5-3-4-12(6-14)11-18/h3-9,17-18H,10-11H2,1-2H3. The second-order valence-electron chi connectivity index (χ2n) is 4.43. The summed E-state index contributed by atoms with van der Waals surface area (Å²) in [6, 6.07) is 13.5. The third-order valence-electron chi connectivity index (χ3n) is 3.02. The number of ether oxygens (including phenoxy) is 2. The molecule has 4 heteroatoms. The highest BCUT2D eigenvalue weighted by Gasteiger charge is 2.02. The Morgan fingerprint density at radius 2 is 1.65 bits per heavy atom. The van der Waals surface area contributed by atoms with Crippen molar-refractivity contribution < 1.29 is 14.6 Å². The summed E-state index contributed by atoms with van der Waals surface area (Å²) in [5.41, 5.74) is 2.92. The van der Waals surface area contributed by atoms with Crippen LogP contribution in [0.2, 0.25) is 0 Å². The number of aliphatic hydroxyl groups excluding tert-OH is 1. The fourth-order valence-electron chi connectivity index (χ4n) is 1.95. The molecular formula is C16H19NO3. The zero-order valence-electron chi connectivity index (χ0n) is 11.7. The van der Waals surface area contributed by atoms with E-state index < -0.39 is 0 Å². The molecule has 2 aromatic carbocycles. The van der Waals surface area contributed by atoms with E-state index in [9.17, 15) is 0 Å². The average molecular weight is 273 g/mol. The van der Waals surface area contributed by atoms with Gasteiger partial charge in [-0.05, 0) is 35.4 Å². The zero-order chi connectivity index (χ0) is 14.4. The van der Waals surface area contributed by atoms with E-state index in [1.807, 2.05) is 42.5 Å². The van der Waals surface area contributed by atoms with E-state index in [-0.39, 0.29) is 6.61 Å². The van der Waals surface area contributed by atoms with Crippen molar-refractivity contribution in [3.8, 4) is 11.5 Å². The van der Waals surface area contributed by atoms with E-state index >= 15 is 0 Å². The Labute approximate surface area is 119 Å². The number of hydrogen-bond acceptors (Lipinski definition) is 4. The van der Waals surface area contributed by atoms with Crippen molar-refractivity contribution in [3.05, 3.63) is 53.6 Å². The van der Waals surface area contributed by atoms with Crippen LogP contribution in [0.1, 0.15) is 11.1 Å². The number of rotatable bonds is 6. The minimum absolute atomic E-state index is 0.0441. The van der Waals surface area contributed by atoms with Gasteiger partial charge in [0.25, 0.3) is 0 Å². The maximum absolute atomic E-state index is 9.12. The lowest BCUT2D eigenvalue weighted by Gasteiger charge is -2.11. The number of benzene rings is 2. The fraction of sp³-hybridized carbons (Fsp3) is 0.250. The predicted molar refractivity (Wildman–Crippen MR) is 79.2 cm³/mol. The molecule has 0 saturated heterocycles. The van der Waals surface area contributed by atoms with Gasteiger partial charge in [-0.25, -0.2) is 0 Å². The molecule has 2 N–H and O–H groups in total. The van der Waals surface area contributed by atoms with Crippen LogP contribution in [-0.4, -0.2) is 19.3 Å². The molecule has 0 radical (unpaired) electrons. The van der Waals surface area contributed by atoms with Gasteiger partial charge in [-0.3, -0.25) is 0 Å². The van der Waals surface area contributed by atoms with Crippen molar-refractivity contribution in [2.24, 2.45) is 0 Å². The normalized spacial score (nSPS) is 10.2. The van der Waals surface area contributed by atoms with Crippen molar-refractivity contribution in [3.63, 3.8) is 0 Å². The lowest BCUT2D eigenvalue weighted by Crippen LogP contribution is -2.01. The van der Waals surface area contributed by atoms with E-state index in [1.165, 1.54) is 0 Å². The summed E-state index contributed by atoms with van der Waals surface area (Å²) in [7, 11) is 3.27. The first kappa shape index (κ1) is 14.2. The van der Waals surface area contributed by atoms with Gasteiger partial charge in [0.15, 0.2) is 0 Å². The Bertz CT molecular complexity index is 547. The number of methoxy groups -OCH3 is 2. The Hall–Kier alpha value is -2.20. The number of anilines is 1. The molecule has 0 heterocycles. The third-order valence-corrected chi connectivity index (χ3v) is 3.02. The Balaban J connectivity index is 2.09. The third kappa shape index (κ3) is 3.65. The van der Waals surface area contributed by atoms with Crippen LogP contribution in [0, 0.1) is 0 Å². The van der Waals surface area contributed by atoms with Crippen LogP contribution in [0.3, 0.4) is 0 Å². The van der Waals surface area contributed by atoms with Gasteiger partial charge in [-0.1, -0.05) is 12.1 Å². The molecular weight excluding hydrogens is 254 g/mol. The monoisotopic (exact) mass is 273 g/mol. The zero-order valence-corrected chi connectivity index (χ0v) is 11.7. The molecule has 20 heavy (non-hydrogen) atoms. The van der Waals surface area contributed by atoms with Crippen LogP contribution >= 0.6 is 0 Å². The molecule has 0 aromatic heterocycles. The molecule has 2 rings (SSSR count). The van der Waals surface area contributed by atoms with Crippen LogP contribution in [-0.2, 0) is 13.2 Å². The minimum atomic E-state index is 0.0441. The summed E-state index contributed by atoms with van der Waals surface area (Å²) in [5.74, 6) is 1.54. The summed E-state index contributed by atoms with van der Waals surface area (Å²) in [6.07, 6.45) is 0. The summed E-state index contributed by atoms with van der Waals surface area (Å²) in [6.45, 7) is 0.699. The lowest BCUT2D eigenvalue weighted by atomic mass is 10.1. The van der Waals surface area contributed by atoms with Crippen LogP contribution < -0.4 is 14.8 Å². The first-order chi connectivity index (χ1) is 9.75. The van der Waals surface area contributed by atoms with E-state index in [1.54, 1.807) is 14.2 Å². The van der Waals surface area contributed by atoms with Gasteiger partial charge in [0.2, 0.25) is 0 Å². The topological polar surface area (TPSA) is 50.7 Å². The second kappa shape index (κ2) is 6.82. The van der Waals surface area contributed by atoms with E-state index in [4.69, 9.17) is 14.6 Å². The first-order valence-electron chi connectivity index (χ1n) is 6.41. The van der Waals surface area contributed by atoms with Crippen molar-refractivity contribution >= 4 is 5.69 Å². The molecule has 0 aliphatic carbocycles. The van der Waals surface area contributed by atoms with Gasteiger partial charge in [0, 0.05) is 18.3 Å². The largest absolute Gasteiger partial charge is 0.497 e. The van der Waals surface area contributed by atoms with Crippen LogP contribution in [0.25, 0.3) is 0 Å². The average Bonchev–Trinajstić information content (AvgIpc) is 2.52. The fourth-order valence-corrected chi connectivity index (χ4v) is 1.95. The van der Waals surface area contributed by atoms with Crippen molar-refractivity contribution in [1.82, 2.24) is 0 Å². The van der Waals surface area contributed by atoms with Gasteiger partial charge in [0.05, 0.1) is 20.8 Å². The van der Waals surface area contributed by atoms with E-state index in [0.717, 1.165) is 28.3 Å². The molecule has 0 atom stereocenters. The highest BCUT2D eigenvalue weighted by atomic mass is 16.5. The SMILES string of the molecule is COc1cc(CNc2cccc(CO)c2)cc(OC)c1. The summed E-state index contributed by atoms with van der Waals surface area (Å²) in [5, 5.41) is 12.4. The second-order valence-corrected chi connectivity index (χ2v) is 4.43. The summed E-state index contributed by atoms with van der Waals surface area (Å²) in [4.78, 5) is 0. The molecule has 0 amide bonds. The van der Waals surface area contributed by atoms with Gasteiger partial charge in [0.1, 0.15) is 11.5 Å². The Kier molecular flexibility index (Phi) is 4.85. The van der Waals surface area contributed by atoms with Crippen LogP contribution in [0.5, 0.6) is 11.5 Å². The van der Waals surface area contributed by atoms with Gasteiger partial charge in [-0.15, -0.1) is 0 Å². The van der Waals surface area contributed by atoms with Crippen molar-refractivity contribution in [2.45, 2.75) is 13.2 Å². The Morgan fingerprint density at radius 3 is 2.25 bits per heavy atom. The molecule has 0 spiro atoms. The molecule has 0 saturated carbocycles. The molecule has 0 bridgehead atoms. The van der Waals surface area contributed by atoms with E-state index in [2.05, 4.69) is 5.32 Å². The number of hydrogen-bond donors (Lipinski definition) is 2. The smallest absolute Gasteiger partial charge is 0.122 e. The predicted octanol–water partition coefficient (Wildman–Crippen LogP) is 2.81. The maximum atomic E-state index is 9.12. The van der Waals surface area contributed by atoms with Gasteiger partial charge in [-0.2, -0.15) is 0 Å². The molecule has 0 aliphatic heterocycles. The minimum Gasteiger partial charge on any atom is -0.497 e. The molecule has 0 unspecified atom stereocenters. The van der Waals surface area contributed by atoms with Crippen LogP contribution in [0.4, 0.5) is 5.69 Å². The van der Waals surface area contributed by atoms with Crippen molar-refractivity contribution in [2.75, 3.05) is 19.5 Å². The van der Waals surface area contributed by atoms with Gasteiger partial charge >= 0.3 is 0 Å². The summed E-state index contributed by atoms with van der Waals surface area (Å²) >= 11 is 0. The molecule has 2 aromatic rings. The van der Waals surface area contributed by atoms with Crippen LogP contribution in [0.15, 0.2) is 42.5 Å². The Morgan fingerprint density at radius 1 is 0.950 bits per heavy atom. The highest BCUT2D eigenvalue weighted by Crippen LogP contribution is 2.23. The molecule has 106 valence electrons. The lowest BCUT2D eigenvalue weighted by molar-refractivity contribution is 0.282. The highest BCUT2D eigenvalue weighted by molar-refractivity contribution is 5.47. The molecule has 4 nitrogen and oxygen atoms in total. The van der Waals surface area contributed by atoms with E-state index in [0.29, 0.717) is 6.54 Å². The maximum Gasteiger partial charge on any atom is 0.122 e. The first-order valence-corrected chi connectivity index (χ1v) is 6.41. The quantitative estimate of drug-likeness (QED) is 0.849.